The third kappa shape index (κ3) is 4.20. The number of thiophene rings is 1. The summed E-state index contributed by atoms with van der Waals surface area (Å²) in [5, 5.41) is 6.59. The molecule has 1 aromatic heterocycles. The highest BCUT2D eigenvalue weighted by molar-refractivity contribution is 7.17. The molecule has 2 amide bonds. The summed E-state index contributed by atoms with van der Waals surface area (Å²) in [5.41, 5.74) is 4.12. The molecule has 0 bridgehead atoms. The number of nitrogens with one attached hydrogen (secondary N) is 2. The minimum atomic E-state index is -0.936. The topological polar surface area (TPSA) is 106 Å². The zero-order valence-electron chi connectivity index (χ0n) is 15.4. The third-order valence-electron chi connectivity index (χ3n) is 4.24. The van der Waals surface area contributed by atoms with Crippen molar-refractivity contribution < 1.29 is 23.9 Å². The van der Waals surface area contributed by atoms with Gasteiger partial charge in [0.1, 0.15) is 10.8 Å². The standard InChI is InChI=1S/C19H19N3O5S/c1-26-12-8-6-11(7-9-12)10-20-22-17(24)16(23)21-18-15(19(25)27-2)13-4-3-5-14(13)28-18/h6-10H,3-5H2,1-2H3,(H,21,23)(H,22,24)/b20-10-. The quantitative estimate of drug-likeness (QED) is 0.345. The Labute approximate surface area is 165 Å². The summed E-state index contributed by atoms with van der Waals surface area (Å²) < 4.78 is 9.87. The number of rotatable bonds is 5. The zero-order valence-corrected chi connectivity index (χ0v) is 16.2. The number of fused-ring (bicyclic) bond motifs is 1. The van der Waals surface area contributed by atoms with Crippen LogP contribution in [0.2, 0.25) is 0 Å². The molecule has 0 radical (unpaired) electrons. The lowest BCUT2D eigenvalue weighted by Crippen LogP contribution is -2.32. The molecule has 1 aliphatic carbocycles. The molecule has 0 saturated heterocycles. The molecular weight excluding hydrogens is 382 g/mol. The van der Waals surface area contributed by atoms with Crippen molar-refractivity contribution in [1.82, 2.24) is 5.43 Å². The van der Waals surface area contributed by atoms with Crippen molar-refractivity contribution in [3.05, 3.63) is 45.8 Å². The van der Waals surface area contributed by atoms with E-state index >= 15 is 0 Å². The van der Waals surface area contributed by atoms with Gasteiger partial charge in [-0.1, -0.05) is 0 Å². The van der Waals surface area contributed by atoms with E-state index in [9.17, 15) is 14.4 Å². The number of amides is 2. The second-order valence-corrected chi connectivity index (χ2v) is 7.08. The number of esters is 1. The van der Waals surface area contributed by atoms with Crippen LogP contribution in [-0.4, -0.2) is 38.2 Å². The van der Waals surface area contributed by atoms with Crippen molar-refractivity contribution >= 4 is 40.3 Å². The number of aryl methyl sites for hydroxylation is 1. The van der Waals surface area contributed by atoms with Crippen LogP contribution in [-0.2, 0) is 27.2 Å². The first-order chi connectivity index (χ1) is 13.5. The number of carbonyl (C=O) groups excluding carboxylic acids is 3. The molecule has 0 fully saturated rings. The maximum absolute atomic E-state index is 12.2. The molecule has 0 saturated carbocycles. The molecule has 2 N–H and O–H groups in total. The number of methoxy groups -OCH3 is 2. The monoisotopic (exact) mass is 401 g/mol. The fraction of sp³-hybridized carbons (Fsp3) is 0.263. The molecule has 1 heterocycles. The predicted molar refractivity (Wildman–Crippen MR) is 105 cm³/mol. The molecule has 146 valence electrons. The van der Waals surface area contributed by atoms with Crippen LogP contribution in [0.5, 0.6) is 5.75 Å². The van der Waals surface area contributed by atoms with E-state index in [0.29, 0.717) is 16.3 Å². The normalized spacial score (nSPS) is 12.5. The number of anilines is 1. The molecule has 9 heteroatoms. The fourth-order valence-electron chi connectivity index (χ4n) is 2.88. The van der Waals surface area contributed by atoms with Gasteiger partial charge in [0.15, 0.2) is 0 Å². The van der Waals surface area contributed by atoms with Crippen molar-refractivity contribution in [1.29, 1.82) is 0 Å². The Morgan fingerprint density at radius 2 is 1.86 bits per heavy atom. The van der Waals surface area contributed by atoms with Gasteiger partial charge in [0.25, 0.3) is 0 Å². The van der Waals surface area contributed by atoms with E-state index < -0.39 is 17.8 Å². The summed E-state index contributed by atoms with van der Waals surface area (Å²) in [7, 11) is 2.85. The van der Waals surface area contributed by atoms with Crippen LogP contribution in [0, 0.1) is 0 Å². The number of hydrogen-bond donors (Lipinski definition) is 2. The maximum Gasteiger partial charge on any atom is 0.341 e. The van der Waals surface area contributed by atoms with Crippen molar-refractivity contribution in [2.45, 2.75) is 19.3 Å². The lowest BCUT2D eigenvalue weighted by atomic mass is 10.1. The van der Waals surface area contributed by atoms with E-state index in [1.807, 2.05) is 0 Å². The summed E-state index contributed by atoms with van der Waals surface area (Å²) >= 11 is 1.30. The average Bonchev–Trinajstić information content (AvgIpc) is 3.28. The number of nitrogens with zero attached hydrogens (tertiary/aromatic N) is 1. The molecule has 3 rings (SSSR count). The lowest BCUT2D eigenvalue weighted by Gasteiger charge is -2.06. The first-order valence-electron chi connectivity index (χ1n) is 8.54. The number of benzene rings is 1. The van der Waals surface area contributed by atoms with Gasteiger partial charge < -0.3 is 14.8 Å². The smallest absolute Gasteiger partial charge is 0.341 e. The Hall–Kier alpha value is -3.20. The van der Waals surface area contributed by atoms with Gasteiger partial charge in [-0.25, -0.2) is 10.2 Å². The summed E-state index contributed by atoms with van der Waals surface area (Å²) in [6.45, 7) is 0. The summed E-state index contributed by atoms with van der Waals surface area (Å²) in [6.07, 6.45) is 3.97. The van der Waals surface area contributed by atoms with Crippen LogP contribution < -0.4 is 15.5 Å². The summed E-state index contributed by atoms with van der Waals surface area (Å²) in [5.74, 6) is -1.66. The number of hydrogen-bond acceptors (Lipinski definition) is 7. The highest BCUT2D eigenvalue weighted by Crippen LogP contribution is 2.39. The second kappa shape index (κ2) is 8.66. The Kier molecular flexibility index (Phi) is 6.05. The highest BCUT2D eigenvalue weighted by Gasteiger charge is 2.29. The van der Waals surface area contributed by atoms with Crippen molar-refractivity contribution in [3.8, 4) is 5.75 Å². The largest absolute Gasteiger partial charge is 0.497 e. The fourth-order valence-corrected chi connectivity index (χ4v) is 4.15. The summed E-state index contributed by atoms with van der Waals surface area (Å²) in [4.78, 5) is 37.3. The molecule has 8 nitrogen and oxygen atoms in total. The van der Waals surface area contributed by atoms with Crippen LogP contribution in [0.4, 0.5) is 5.00 Å². The molecule has 1 aromatic carbocycles. The van der Waals surface area contributed by atoms with Crippen molar-refractivity contribution in [3.63, 3.8) is 0 Å². The SMILES string of the molecule is COC(=O)c1c(NC(=O)C(=O)N/N=C\c2ccc(OC)cc2)sc2c1CCC2. The van der Waals surface area contributed by atoms with Gasteiger partial charge in [-0.2, -0.15) is 5.10 Å². The van der Waals surface area contributed by atoms with Crippen LogP contribution >= 0.6 is 11.3 Å². The van der Waals surface area contributed by atoms with E-state index in [1.54, 1.807) is 31.4 Å². The van der Waals surface area contributed by atoms with Crippen molar-refractivity contribution in [2.24, 2.45) is 5.10 Å². The molecule has 28 heavy (non-hydrogen) atoms. The number of carbonyl (C=O) groups is 3. The maximum atomic E-state index is 12.2. The number of ether oxygens (including phenoxy) is 2. The minimum absolute atomic E-state index is 0.329. The molecule has 1 aliphatic rings. The Bertz CT molecular complexity index is 934. The van der Waals surface area contributed by atoms with Crippen LogP contribution in [0.3, 0.4) is 0 Å². The van der Waals surface area contributed by atoms with Gasteiger partial charge in [0.2, 0.25) is 0 Å². The molecule has 0 spiro atoms. The minimum Gasteiger partial charge on any atom is -0.497 e. The van der Waals surface area contributed by atoms with Gasteiger partial charge in [0.05, 0.1) is 26.0 Å². The molecular formula is C19H19N3O5S. The highest BCUT2D eigenvalue weighted by atomic mass is 32.1. The first-order valence-corrected chi connectivity index (χ1v) is 9.36. The average molecular weight is 401 g/mol. The summed E-state index contributed by atoms with van der Waals surface area (Å²) in [6, 6.07) is 7.01. The van der Waals surface area contributed by atoms with Crippen molar-refractivity contribution in [2.75, 3.05) is 19.5 Å². The van der Waals surface area contributed by atoms with Gasteiger partial charge in [-0.3, -0.25) is 9.59 Å². The van der Waals surface area contributed by atoms with Crippen LogP contribution in [0.25, 0.3) is 0 Å². The molecule has 0 atom stereocenters. The Morgan fingerprint density at radius 1 is 1.11 bits per heavy atom. The molecule has 0 aliphatic heterocycles. The van der Waals surface area contributed by atoms with Gasteiger partial charge >= 0.3 is 17.8 Å². The third-order valence-corrected chi connectivity index (χ3v) is 5.45. The van der Waals surface area contributed by atoms with E-state index in [2.05, 4.69) is 15.8 Å². The Morgan fingerprint density at radius 3 is 2.54 bits per heavy atom. The Balaban J connectivity index is 1.64. The zero-order chi connectivity index (χ0) is 20.1. The lowest BCUT2D eigenvalue weighted by molar-refractivity contribution is -0.136. The van der Waals surface area contributed by atoms with Gasteiger partial charge in [0, 0.05) is 4.88 Å². The van der Waals surface area contributed by atoms with Crippen LogP contribution in [0.15, 0.2) is 29.4 Å². The van der Waals surface area contributed by atoms with E-state index in [1.165, 1.54) is 24.7 Å². The van der Waals surface area contributed by atoms with Gasteiger partial charge in [-0.15, -0.1) is 11.3 Å². The molecule has 2 aromatic rings. The van der Waals surface area contributed by atoms with Gasteiger partial charge in [-0.05, 0) is 54.7 Å². The van der Waals surface area contributed by atoms with Crippen LogP contribution in [0.1, 0.15) is 32.8 Å². The van der Waals surface area contributed by atoms with E-state index in [-0.39, 0.29) is 0 Å². The van der Waals surface area contributed by atoms with E-state index in [4.69, 9.17) is 9.47 Å². The van der Waals surface area contributed by atoms with E-state index in [0.717, 1.165) is 35.3 Å². The number of hydrazone groups is 1. The molecule has 0 unspecified atom stereocenters. The predicted octanol–water partition coefficient (Wildman–Crippen LogP) is 2.12. The first kappa shape index (κ1) is 19.6. The second-order valence-electron chi connectivity index (χ2n) is 5.98.